The zero-order valence-corrected chi connectivity index (χ0v) is 11.6. The van der Waals surface area contributed by atoms with Crippen LogP contribution in [-0.4, -0.2) is 16.1 Å². The summed E-state index contributed by atoms with van der Waals surface area (Å²) in [6.07, 6.45) is 1.59. The summed E-state index contributed by atoms with van der Waals surface area (Å²) < 4.78 is 1.09. The molecule has 0 aliphatic rings. The first-order chi connectivity index (χ1) is 10.2. The predicted molar refractivity (Wildman–Crippen MR) is 83.9 cm³/mol. The lowest BCUT2D eigenvalue weighted by Crippen LogP contribution is -1.91. The molecule has 0 saturated heterocycles. The molecule has 0 aliphatic carbocycles. The van der Waals surface area contributed by atoms with Crippen LogP contribution in [0.3, 0.4) is 0 Å². The molecule has 104 valence electrons. The van der Waals surface area contributed by atoms with Gasteiger partial charge in [-0.1, -0.05) is 23.5 Å². The second kappa shape index (κ2) is 5.68. The summed E-state index contributed by atoms with van der Waals surface area (Å²) in [4.78, 5) is 14.5. The number of benzene rings is 2. The molecule has 1 N–H and O–H groups in total. The van der Waals surface area contributed by atoms with Crippen LogP contribution < -0.4 is 5.43 Å². The maximum Gasteiger partial charge on any atom is 0.269 e. The van der Waals surface area contributed by atoms with E-state index in [0.717, 1.165) is 15.8 Å². The van der Waals surface area contributed by atoms with E-state index in [4.69, 9.17) is 0 Å². The molecule has 0 spiro atoms. The molecule has 1 heterocycles. The van der Waals surface area contributed by atoms with E-state index < -0.39 is 4.92 Å². The molecular formula is C14H10N4O2S. The van der Waals surface area contributed by atoms with Gasteiger partial charge in [0.1, 0.15) is 0 Å². The number of nitro groups is 1. The summed E-state index contributed by atoms with van der Waals surface area (Å²) in [7, 11) is 0. The third-order valence-corrected chi connectivity index (χ3v) is 3.71. The van der Waals surface area contributed by atoms with Crippen LogP contribution in [0, 0.1) is 10.1 Å². The quantitative estimate of drug-likeness (QED) is 0.453. The average molecular weight is 298 g/mol. The van der Waals surface area contributed by atoms with Crippen LogP contribution in [0.25, 0.3) is 10.2 Å². The van der Waals surface area contributed by atoms with Crippen molar-refractivity contribution in [3.05, 3.63) is 64.2 Å². The van der Waals surface area contributed by atoms with Gasteiger partial charge in [-0.2, -0.15) is 5.10 Å². The summed E-state index contributed by atoms with van der Waals surface area (Å²) in [6.45, 7) is 0. The number of hydrogen-bond acceptors (Lipinski definition) is 6. The minimum absolute atomic E-state index is 0.0614. The Bertz CT molecular complexity index is 778. The number of non-ortho nitro benzene ring substituents is 1. The first-order valence-electron chi connectivity index (χ1n) is 6.11. The second-order valence-corrected chi connectivity index (χ2v) is 5.24. The highest BCUT2D eigenvalue weighted by molar-refractivity contribution is 7.22. The topological polar surface area (TPSA) is 80.4 Å². The predicted octanol–water partition coefficient (Wildman–Crippen LogP) is 3.65. The van der Waals surface area contributed by atoms with Crippen molar-refractivity contribution in [3.8, 4) is 0 Å². The molecule has 0 amide bonds. The van der Waals surface area contributed by atoms with Crippen molar-refractivity contribution in [2.75, 3.05) is 5.43 Å². The van der Waals surface area contributed by atoms with Gasteiger partial charge in [0, 0.05) is 12.1 Å². The van der Waals surface area contributed by atoms with Crippen LogP contribution in [0.1, 0.15) is 5.56 Å². The monoisotopic (exact) mass is 298 g/mol. The Balaban J connectivity index is 1.70. The van der Waals surface area contributed by atoms with Gasteiger partial charge in [-0.15, -0.1) is 0 Å². The van der Waals surface area contributed by atoms with Gasteiger partial charge in [-0.05, 0) is 29.8 Å². The number of hydrogen-bond donors (Lipinski definition) is 1. The third-order valence-electron chi connectivity index (χ3n) is 2.77. The Morgan fingerprint density at radius 3 is 2.67 bits per heavy atom. The van der Waals surface area contributed by atoms with Crippen LogP contribution in [-0.2, 0) is 0 Å². The van der Waals surface area contributed by atoms with Gasteiger partial charge < -0.3 is 0 Å². The van der Waals surface area contributed by atoms with Crippen molar-refractivity contribution in [3.63, 3.8) is 0 Å². The first kappa shape index (κ1) is 13.2. The zero-order chi connectivity index (χ0) is 14.7. The lowest BCUT2D eigenvalue weighted by Gasteiger charge is -1.94. The molecule has 0 radical (unpaired) electrons. The molecule has 0 fully saturated rings. The number of anilines is 1. The Morgan fingerprint density at radius 2 is 1.95 bits per heavy atom. The Hall–Kier alpha value is -2.80. The highest BCUT2D eigenvalue weighted by Gasteiger charge is 2.03. The van der Waals surface area contributed by atoms with Gasteiger partial charge in [0.25, 0.3) is 5.69 Å². The molecule has 7 heteroatoms. The lowest BCUT2D eigenvalue weighted by atomic mass is 10.2. The number of rotatable bonds is 4. The standard InChI is InChI=1S/C14H10N4O2S/c19-18(20)11-7-5-10(6-8-11)9-15-17-14-16-12-3-1-2-4-13(12)21-14/h1-9H,(H,16,17)/b15-9-. The molecule has 21 heavy (non-hydrogen) atoms. The number of para-hydroxylation sites is 1. The molecular weight excluding hydrogens is 288 g/mol. The van der Waals surface area contributed by atoms with Gasteiger partial charge in [0.05, 0.1) is 21.4 Å². The van der Waals surface area contributed by atoms with Crippen molar-refractivity contribution < 1.29 is 4.92 Å². The van der Waals surface area contributed by atoms with E-state index in [0.29, 0.717) is 5.13 Å². The maximum absolute atomic E-state index is 10.5. The normalized spacial score (nSPS) is 11.0. The number of nitrogens with zero attached hydrogens (tertiary/aromatic N) is 3. The Kier molecular flexibility index (Phi) is 3.57. The average Bonchev–Trinajstić information content (AvgIpc) is 2.90. The van der Waals surface area contributed by atoms with E-state index in [1.807, 2.05) is 24.3 Å². The van der Waals surface area contributed by atoms with E-state index in [2.05, 4.69) is 15.5 Å². The first-order valence-corrected chi connectivity index (χ1v) is 6.93. The van der Waals surface area contributed by atoms with Crippen LogP contribution >= 0.6 is 11.3 Å². The van der Waals surface area contributed by atoms with Crippen LogP contribution in [0.4, 0.5) is 10.8 Å². The van der Waals surface area contributed by atoms with Crippen molar-refractivity contribution in [2.45, 2.75) is 0 Å². The van der Waals surface area contributed by atoms with Gasteiger partial charge in [-0.25, -0.2) is 4.98 Å². The fourth-order valence-corrected chi connectivity index (χ4v) is 2.58. The summed E-state index contributed by atoms with van der Waals surface area (Å²) in [5.74, 6) is 0. The van der Waals surface area contributed by atoms with Crippen LogP contribution in [0.15, 0.2) is 53.6 Å². The molecule has 2 aromatic carbocycles. The zero-order valence-electron chi connectivity index (χ0n) is 10.8. The minimum Gasteiger partial charge on any atom is -0.258 e. The highest BCUT2D eigenvalue weighted by atomic mass is 32.1. The molecule has 3 rings (SSSR count). The van der Waals surface area contributed by atoms with Crippen molar-refractivity contribution >= 4 is 38.6 Å². The van der Waals surface area contributed by atoms with E-state index >= 15 is 0 Å². The van der Waals surface area contributed by atoms with Crippen molar-refractivity contribution in [1.82, 2.24) is 4.98 Å². The van der Waals surface area contributed by atoms with Gasteiger partial charge in [0.15, 0.2) is 0 Å². The molecule has 0 saturated carbocycles. The smallest absolute Gasteiger partial charge is 0.258 e. The van der Waals surface area contributed by atoms with Crippen molar-refractivity contribution in [2.24, 2.45) is 5.10 Å². The summed E-state index contributed by atoms with van der Waals surface area (Å²) >= 11 is 1.51. The van der Waals surface area contributed by atoms with Crippen molar-refractivity contribution in [1.29, 1.82) is 0 Å². The molecule has 0 unspecified atom stereocenters. The fraction of sp³-hybridized carbons (Fsp3) is 0. The number of fused-ring (bicyclic) bond motifs is 1. The minimum atomic E-state index is -0.430. The number of hydrazone groups is 1. The van der Waals surface area contributed by atoms with Gasteiger partial charge >= 0.3 is 0 Å². The molecule has 6 nitrogen and oxygen atoms in total. The number of nitro benzene ring substituents is 1. The third kappa shape index (κ3) is 3.03. The summed E-state index contributed by atoms with van der Waals surface area (Å²) in [5.41, 5.74) is 4.62. The van der Waals surface area contributed by atoms with Crippen LogP contribution in [0.5, 0.6) is 0 Å². The Morgan fingerprint density at radius 1 is 1.19 bits per heavy atom. The van der Waals surface area contributed by atoms with E-state index in [9.17, 15) is 10.1 Å². The van der Waals surface area contributed by atoms with E-state index in [1.165, 1.54) is 23.5 Å². The number of nitrogens with one attached hydrogen (secondary N) is 1. The SMILES string of the molecule is O=[N+]([O-])c1ccc(/C=N\Nc2nc3ccccc3s2)cc1. The molecule has 0 bridgehead atoms. The largest absolute Gasteiger partial charge is 0.269 e. The van der Waals surface area contributed by atoms with E-state index in [-0.39, 0.29) is 5.69 Å². The van der Waals surface area contributed by atoms with E-state index in [1.54, 1.807) is 18.3 Å². The second-order valence-electron chi connectivity index (χ2n) is 4.21. The summed E-state index contributed by atoms with van der Waals surface area (Å²) in [5, 5.41) is 15.3. The van der Waals surface area contributed by atoms with Crippen LogP contribution in [0.2, 0.25) is 0 Å². The maximum atomic E-state index is 10.5. The Labute approximate surface area is 123 Å². The fourth-order valence-electron chi connectivity index (χ4n) is 1.76. The molecule has 3 aromatic rings. The lowest BCUT2D eigenvalue weighted by molar-refractivity contribution is -0.384. The summed E-state index contributed by atoms with van der Waals surface area (Å²) in [6, 6.07) is 14.0. The van der Waals surface area contributed by atoms with Gasteiger partial charge in [0.2, 0.25) is 5.13 Å². The van der Waals surface area contributed by atoms with Gasteiger partial charge in [-0.3, -0.25) is 15.5 Å². The number of thiazole rings is 1. The molecule has 1 aromatic heterocycles. The molecule has 0 atom stereocenters. The number of aromatic nitrogens is 1. The molecule has 0 aliphatic heterocycles. The highest BCUT2D eigenvalue weighted by Crippen LogP contribution is 2.25.